The molecule has 1 aromatic carbocycles. The lowest BCUT2D eigenvalue weighted by Crippen LogP contribution is -2.30. The van der Waals surface area contributed by atoms with E-state index in [0.29, 0.717) is 16.3 Å². The average molecular weight is 302 g/mol. The van der Waals surface area contributed by atoms with Crippen LogP contribution in [0.15, 0.2) is 42.7 Å². The SMILES string of the molecule is Nc1cccc(C(=O)N2CCCC2c2cccnc2)c1Cl. The van der Waals surface area contributed by atoms with Gasteiger partial charge in [0.25, 0.3) is 5.91 Å². The number of halogens is 1. The van der Waals surface area contributed by atoms with Crippen LogP contribution in [0.3, 0.4) is 0 Å². The van der Waals surface area contributed by atoms with Gasteiger partial charge in [-0.05, 0) is 36.6 Å². The predicted molar refractivity (Wildman–Crippen MR) is 83.1 cm³/mol. The van der Waals surface area contributed by atoms with Gasteiger partial charge in [0, 0.05) is 18.9 Å². The van der Waals surface area contributed by atoms with Gasteiger partial charge in [-0.3, -0.25) is 9.78 Å². The zero-order chi connectivity index (χ0) is 14.8. The van der Waals surface area contributed by atoms with Gasteiger partial charge in [-0.2, -0.15) is 0 Å². The first-order valence-electron chi connectivity index (χ1n) is 6.93. The number of amides is 1. The summed E-state index contributed by atoms with van der Waals surface area (Å²) in [6, 6.07) is 9.13. The van der Waals surface area contributed by atoms with E-state index in [2.05, 4.69) is 4.98 Å². The average Bonchev–Trinajstić information content (AvgIpc) is 3.00. The van der Waals surface area contributed by atoms with Crippen LogP contribution in [0.5, 0.6) is 0 Å². The van der Waals surface area contributed by atoms with E-state index < -0.39 is 0 Å². The van der Waals surface area contributed by atoms with Crippen LogP contribution < -0.4 is 5.73 Å². The summed E-state index contributed by atoms with van der Waals surface area (Å²) in [5.74, 6) is -0.0707. The maximum atomic E-state index is 12.8. The molecule has 108 valence electrons. The second kappa shape index (κ2) is 5.74. The maximum Gasteiger partial charge on any atom is 0.255 e. The topological polar surface area (TPSA) is 59.2 Å². The molecule has 5 heteroatoms. The molecular formula is C16H16ClN3O. The molecule has 3 rings (SSSR count). The Kier molecular flexibility index (Phi) is 3.80. The predicted octanol–water partition coefficient (Wildman–Crippen LogP) is 3.29. The smallest absolute Gasteiger partial charge is 0.255 e. The van der Waals surface area contributed by atoms with Crippen molar-refractivity contribution in [1.82, 2.24) is 9.88 Å². The molecular weight excluding hydrogens is 286 g/mol. The quantitative estimate of drug-likeness (QED) is 0.866. The lowest BCUT2D eigenvalue weighted by molar-refractivity contribution is 0.0735. The molecule has 0 saturated carbocycles. The number of anilines is 1. The van der Waals surface area contributed by atoms with E-state index >= 15 is 0 Å². The normalized spacial score (nSPS) is 18.0. The van der Waals surface area contributed by atoms with Crippen LogP contribution in [0.25, 0.3) is 0 Å². The molecule has 21 heavy (non-hydrogen) atoms. The molecule has 1 aliphatic heterocycles. The van der Waals surface area contributed by atoms with E-state index in [1.807, 2.05) is 23.2 Å². The number of carbonyl (C=O) groups is 1. The van der Waals surface area contributed by atoms with Crippen LogP contribution in [0.2, 0.25) is 5.02 Å². The Labute approximate surface area is 128 Å². The van der Waals surface area contributed by atoms with Crippen molar-refractivity contribution in [3.63, 3.8) is 0 Å². The third-order valence-corrected chi connectivity index (χ3v) is 4.26. The number of carbonyl (C=O) groups excluding carboxylic acids is 1. The summed E-state index contributed by atoms with van der Waals surface area (Å²) in [5.41, 5.74) is 7.74. The molecule has 2 N–H and O–H groups in total. The molecule has 1 saturated heterocycles. The molecule has 2 aromatic rings. The van der Waals surface area contributed by atoms with Crippen LogP contribution >= 0.6 is 11.6 Å². The van der Waals surface area contributed by atoms with E-state index in [1.165, 1.54) is 0 Å². The Hall–Kier alpha value is -2.07. The monoisotopic (exact) mass is 301 g/mol. The molecule has 1 fully saturated rings. The van der Waals surface area contributed by atoms with Crippen molar-refractivity contribution >= 4 is 23.2 Å². The third-order valence-electron chi connectivity index (χ3n) is 3.84. The summed E-state index contributed by atoms with van der Waals surface area (Å²) in [6.07, 6.45) is 5.47. The number of likely N-dealkylation sites (tertiary alicyclic amines) is 1. The lowest BCUT2D eigenvalue weighted by atomic mass is 10.1. The highest BCUT2D eigenvalue weighted by Gasteiger charge is 2.31. The van der Waals surface area contributed by atoms with Crippen LogP contribution in [0.1, 0.15) is 34.8 Å². The first kappa shape index (κ1) is 13.9. The van der Waals surface area contributed by atoms with Gasteiger partial charge in [0.2, 0.25) is 0 Å². The van der Waals surface area contributed by atoms with Gasteiger partial charge in [-0.15, -0.1) is 0 Å². The van der Waals surface area contributed by atoms with Crippen molar-refractivity contribution in [3.8, 4) is 0 Å². The second-order valence-corrected chi connectivity index (χ2v) is 5.53. The summed E-state index contributed by atoms with van der Waals surface area (Å²) in [5, 5.41) is 0.333. The van der Waals surface area contributed by atoms with Crippen molar-refractivity contribution in [1.29, 1.82) is 0 Å². The fourth-order valence-electron chi connectivity index (χ4n) is 2.80. The summed E-state index contributed by atoms with van der Waals surface area (Å²) >= 11 is 6.18. The summed E-state index contributed by atoms with van der Waals surface area (Å²) < 4.78 is 0. The van der Waals surface area contributed by atoms with E-state index in [4.69, 9.17) is 17.3 Å². The molecule has 0 bridgehead atoms. The van der Waals surface area contributed by atoms with Gasteiger partial charge in [0.15, 0.2) is 0 Å². The molecule has 1 amide bonds. The van der Waals surface area contributed by atoms with Crippen LogP contribution in [0, 0.1) is 0 Å². The molecule has 0 aliphatic carbocycles. The first-order valence-corrected chi connectivity index (χ1v) is 7.31. The van der Waals surface area contributed by atoms with Crippen molar-refractivity contribution in [2.45, 2.75) is 18.9 Å². The van der Waals surface area contributed by atoms with E-state index in [0.717, 1.165) is 24.9 Å². The Bertz CT molecular complexity index is 660. The van der Waals surface area contributed by atoms with Crippen LogP contribution in [-0.2, 0) is 0 Å². The molecule has 1 aromatic heterocycles. The summed E-state index contributed by atoms with van der Waals surface area (Å²) in [7, 11) is 0. The highest BCUT2D eigenvalue weighted by atomic mass is 35.5. The minimum atomic E-state index is -0.0707. The van der Waals surface area contributed by atoms with E-state index in [1.54, 1.807) is 24.4 Å². The van der Waals surface area contributed by atoms with Crippen molar-refractivity contribution in [2.75, 3.05) is 12.3 Å². The number of hydrogen-bond donors (Lipinski definition) is 1. The van der Waals surface area contributed by atoms with Crippen molar-refractivity contribution in [3.05, 3.63) is 58.9 Å². The van der Waals surface area contributed by atoms with Gasteiger partial charge in [0.1, 0.15) is 0 Å². The number of nitrogens with zero attached hydrogens (tertiary/aromatic N) is 2. The highest BCUT2D eigenvalue weighted by molar-refractivity contribution is 6.36. The van der Waals surface area contributed by atoms with Crippen molar-refractivity contribution in [2.24, 2.45) is 0 Å². The molecule has 1 aliphatic rings. The fraction of sp³-hybridized carbons (Fsp3) is 0.250. The molecule has 0 radical (unpaired) electrons. The van der Waals surface area contributed by atoms with Gasteiger partial charge < -0.3 is 10.6 Å². The minimum absolute atomic E-state index is 0.0590. The first-order chi connectivity index (χ1) is 10.2. The van der Waals surface area contributed by atoms with Crippen molar-refractivity contribution < 1.29 is 4.79 Å². The number of rotatable bonds is 2. The number of pyridine rings is 1. The summed E-state index contributed by atoms with van der Waals surface area (Å²) in [4.78, 5) is 18.8. The van der Waals surface area contributed by atoms with Gasteiger partial charge in [-0.1, -0.05) is 23.7 Å². The number of nitrogens with two attached hydrogens (primary N) is 1. The molecule has 4 nitrogen and oxygen atoms in total. The van der Waals surface area contributed by atoms with E-state index in [-0.39, 0.29) is 11.9 Å². The molecule has 1 unspecified atom stereocenters. The second-order valence-electron chi connectivity index (χ2n) is 5.15. The number of nitrogen functional groups attached to an aromatic ring is 1. The van der Waals surface area contributed by atoms with Crippen LogP contribution in [-0.4, -0.2) is 22.3 Å². The fourth-order valence-corrected chi connectivity index (χ4v) is 3.01. The summed E-state index contributed by atoms with van der Waals surface area (Å²) in [6.45, 7) is 0.726. The Morgan fingerprint density at radius 1 is 1.33 bits per heavy atom. The highest BCUT2D eigenvalue weighted by Crippen LogP contribution is 2.34. The Balaban J connectivity index is 1.92. The number of hydrogen-bond acceptors (Lipinski definition) is 3. The Morgan fingerprint density at radius 2 is 2.19 bits per heavy atom. The molecule has 1 atom stereocenters. The zero-order valence-electron chi connectivity index (χ0n) is 11.5. The van der Waals surface area contributed by atoms with Gasteiger partial charge in [-0.25, -0.2) is 0 Å². The molecule has 2 heterocycles. The zero-order valence-corrected chi connectivity index (χ0v) is 12.3. The number of aromatic nitrogens is 1. The van der Waals surface area contributed by atoms with Gasteiger partial charge >= 0.3 is 0 Å². The lowest BCUT2D eigenvalue weighted by Gasteiger charge is -2.25. The number of benzene rings is 1. The van der Waals surface area contributed by atoms with Gasteiger partial charge in [0.05, 0.1) is 22.3 Å². The van der Waals surface area contributed by atoms with E-state index in [9.17, 15) is 4.79 Å². The standard InChI is InChI=1S/C16H16ClN3O/c17-15-12(5-1-6-13(15)18)16(21)20-9-3-7-14(20)11-4-2-8-19-10-11/h1-2,4-6,8,10,14H,3,7,9,18H2. The molecule has 0 spiro atoms. The minimum Gasteiger partial charge on any atom is -0.398 e. The Morgan fingerprint density at radius 3 is 2.95 bits per heavy atom. The van der Waals surface area contributed by atoms with Crippen LogP contribution in [0.4, 0.5) is 5.69 Å². The largest absolute Gasteiger partial charge is 0.398 e. The third kappa shape index (κ3) is 2.59. The maximum absolute atomic E-state index is 12.8.